The number of aromatic hydroxyl groups is 1. The second kappa shape index (κ2) is 4.76. The fourth-order valence-electron chi connectivity index (χ4n) is 2.33. The number of phenolic OH excluding ortho intramolecular Hbond substituents is 1. The van der Waals surface area contributed by atoms with E-state index in [4.69, 9.17) is 4.74 Å². The molecule has 0 unspecified atom stereocenters. The standard InChI is InChI=1S/C15H21NO3/c1-10-7-12(17)8-11-5-6-16(9-13(10)11)14(18)19-15(2,3)4/h7-8,17H,5-6,9H2,1-4H3. The number of hydrogen-bond acceptors (Lipinski definition) is 3. The van der Waals surface area contributed by atoms with Crippen LogP contribution in [0.3, 0.4) is 0 Å². The van der Waals surface area contributed by atoms with Crippen molar-refractivity contribution in [2.75, 3.05) is 6.54 Å². The molecule has 0 bridgehead atoms. The van der Waals surface area contributed by atoms with E-state index < -0.39 is 5.60 Å². The van der Waals surface area contributed by atoms with E-state index in [1.54, 1.807) is 17.0 Å². The van der Waals surface area contributed by atoms with Gasteiger partial charge in [-0.1, -0.05) is 0 Å². The van der Waals surface area contributed by atoms with Gasteiger partial charge in [0.15, 0.2) is 0 Å². The zero-order valence-corrected chi connectivity index (χ0v) is 12.0. The number of phenols is 1. The van der Waals surface area contributed by atoms with E-state index in [0.717, 1.165) is 23.1 Å². The van der Waals surface area contributed by atoms with Crippen LogP contribution in [0.1, 0.15) is 37.5 Å². The van der Waals surface area contributed by atoms with E-state index in [2.05, 4.69) is 0 Å². The molecule has 2 rings (SSSR count). The molecule has 1 aliphatic rings. The van der Waals surface area contributed by atoms with Gasteiger partial charge in [-0.15, -0.1) is 0 Å². The average molecular weight is 263 g/mol. The number of hydrogen-bond donors (Lipinski definition) is 1. The van der Waals surface area contributed by atoms with Gasteiger partial charge in [-0.2, -0.15) is 0 Å². The van der Waals surface area contributed by atoms with Crippen molar-refractivity contribution in [3.63, 3.8) is 0 Å². The van der Waals surface area contributed by atoms with Crippen molar-refractivity contribution in [2.24, 2.45) is 0 Å². The Morgan fingerprint density at radius 1 is 1.37 bits per heavy atom. The lowest BCUT2D eigenvalue weighted by molar-refractivity contribution is 0.0223. The number of fused-ring (bicyclic) bond motifs is 1. The van der Waals surface area contributed by atoms with Crippen molar-refractivity contribution in [3.8, 4) is 5.75 Å². The molecule has 0 atom stereocenters. The largest absolute Gasteiger partial charge is 0.508 e. The fraction of sp³-hybridized carbons (Fsp3) is 0.533. The molecule has 1 aromatic rings. The predicted molar refractivity (Wildman–Crippen MR) is 73.2 cm³/mol. The minimum atomic E-state index is -0.471. The van der Waals surface area contributed by atoms with Crippen LogP contribution in [-0.2, 0) is 17.7 Å². The highest BCUT2D eigenvalue weighted by molar-refractivity contribution is 5.69. The summed E-state index contributed by atoms with van der Waals surface area (Å²) in [5.41, 5.74) is 2.79. The molecule has 0 saturated heterocycles. The van der Waals surface area contributed by atoms with E-state index in [0.29, 0.717) is 18.8 Å². The zero-order valence-electron chi connectivity index (χ0n) is 12.0. The molecule has 1 heterocycles. The monoisotopic (exact) mass is 263 g/mol. The number of carbonyl (C=O) groups excluding carboxylic acids is 1. The second-order valence-electron chi connectivity index (χ2n) is 6.05. The normalized spacial score (nSPS) is 15.1. The number of aryl methyl sites for hydroxylation is 1. The Morgan fingerprint density at radius 2 is 2.05 bits per heavy atom. The van der Waals surface area contributed by atoms with Crippen LogP contribution in [0.25, 0.3) is 0 Å². The summed E-state index contributed by atoms with van der Waals surface area (Å²) in [6, 6.07) is 3.52. The molecule has 0 aliphatic carbocycles. The van der Waals surface area contributed by atoms with Crippen molar-refractivity contribution >= 4 is 6.09 Å². The minimum Gasteiger partial charge on any atom is -0.508 e. The van der Waals surface area contributed by atoms with Crippen molar-refractivity contribution in [1.29, 1.82) is 0 Å². The lowest BCUT2D eigenvalue weighted by atomic mass is 9.95. The Balaban J connectivity index is 2.16. The van der Waals surface area contributed by atoms with Crippen LogP contribution in [0.15, 0.2) is 12.1 Å². The van der Waals surface area contributed by atoms with Gasteiger partial charge < -0.3 is 14.7 Å². The molecule has 1 amide bonds. The number of ether oxygens (including phenoxy) is 1. The molecular weight excluding hydrogens is 242 g/mol. The molecule has 19 heavy (non-hydrogen) atoms. The third kappa shape index (κ3) is 3.19. The zero-order chi connectivity index (χ0) is 14.2. The highest BCUT2D eigenvalue weighted by atomic mass is 16.6. The highest BCUT2D eigenvalue weighted by Crippen LogP contribution is 2.27. The smallest absolute Gasteiger partial charge is 0.410 e. The molecule has 1 N–H and O–H groups in total. The number of benzene rings is 1. The van der Waals surface area contributed by atoms with E-state index >= 15 is 0 Å². The molecule has 4 heteroatoms. The van der Waals surface area contributed by atoms with Crippen LogP contribution in [0.2, 0.25) is 0 Å². The van der Waals surface area contributed by atoms with E-state index in [1.807, 2.05) is 27.7 Å². The molecule has 0 aromatic heterocycles. The lowest BCUT2D eigenvalue weighted by Crippen LogP contribution is -2.40. The minimum absolute atomic E-state index is 0.273. The Bertz CT molecular complexity index is 503. The number of rotatable bonds is 0. The van der Waals surface area contributed by atoms with Crippen LogP contribution in [-0.4, -0.2) is 28.2 Å². The quantitative estimate of drug-likeness (QED) is 0.782. The van der Waals surface area contributed by atoms with E-state index in [-0.39, 0.29) is 6.09 Å². The first kappa shape index (κ1) is 13.7. The number of amides is 1. The Hall–Kier alpha value is -1.71. The van der Waals surface area contributed by atoms with Gasteiger partial charge in [-0.3, -0.25) is 0 Å². The van der Waals surface area contributed by atoms with Crippen molar-refractivity contribution in [3.05, 3.63) is 28.8 Å². The van der Waals surface area contributed by atoms with Crippen LogP contribution in [0.5, 0.6) is 5.75 Å². The number of carbonyl (C=O) groups is 1. The third-order valence-corrected chi connectivity index (χ3v) is 3.20. The van der Waals surface area contributed by atoms with Gasteiger partial charge in [-0.05, 0) is 62.9 Å². The maximum Gasteiger partial charge on any atom is 0.410 e. The summed E-state index contributed by atoms with van der Waals surface area (Å²) in [5, 5.41) is 9.59. The van der Waals surface area contributed by atoms with Gasteiger partial charge in [0.1, 0.15) is 11.4 Å². The topological polar surface area (TPSA) is 49.8 Å². The first-order chi connectivity index (χ1) is 8.76. The van der Waals surface area contributed by atoms with Crippen molar-refractivity contribution in [2.45, 2.75) is 46.3 Å². The first-order valence-corrected chi connectivity index (χ1v) is 6.55. The summed E-state index contributed by atoms with van der Waals surface area (Å²) < 4.78 is 5.39. The van der Waals surface area contributed by atoms with E-state index in [9.17, 15) is 9.90 Å². The molecule has 1 aromatic carbocycles. The molecule has 1 aliphatic heterocycles. The number of nitrogens with zero attached hydrogens (tertiary/aromatic N) is 1. The molecule has 104 valence electrons. The van der Waals surface area contributed by atoms with Gasteiger partial charge in [0.05, 0.1) is 0 Å². The summed E-state index contributed by atoms with van der Waals surface area (Å²) in [6.07, 6.45) is 0.481. The third-order valence-electron chi connectivity index (χ3n) is 3.20. The Kier molecular flexibility index (Phi) is 3.43. The summed E-state index contributed by atoms with van der Waals surface area (Å²) in [6.45, 7) is 8.74. The maximum atomic E-state index is 12.1. The van der Waals surface area contributed by atoms with Gasteiger partial charge >= 0.3 is 6.09 Å². The SMILES string of the molecule is Cc1cc(O)cc2c1CN(C(=O)OC(C)(C)C)CC2. The second-order valence-corrected chi connectivity index (χ2v) is 6.05. The van der Waals surface area contributed by atoms with Crippen LogP contribution >= 0.6 is 0 Å². The van der Waals surface area contributed by atoms with Gasteiger partial charge in [0, 0.05) is 13.1 Å². The Morgan fingerprint density at radius 3 is 2.68 bits per heavy atom. The van der Waals surface area contributed by atoms with Crippen molar-refractivity contribution < 1.29 is 14.6 Å². The highest BCUT2D eigenvalue weighted by Gasteiger charge is 2.26. The van der Waals surface area contributed by atoms with Crippen LogP contribution in [0, 0.1) is 6.92 Å². The summed E-state index contributed by atoms with van der Waals surface area (Å²) in [5.74, 6) is 0.293. The Labute approximate surface area is 114 Å². The average Bonchev–Trinajstić information content (AvgIpc) is 2.25. The summed E-state index contributed by atoms with van der Waals surface area (Å²) in [7, 11) is 0. The van der Waals surface area contributed by atoms with Gasteiger partial charge in [-0.25, -0.2) is 4.79 Å². The molecule has 0 radical (unpaired) electrons. The molecule has 4 nitrogen and oxygen atoms in total. The fourth-order valence-corrected chi connectivity index (χ4v) is 2.33. The van der Waals surface area contributed by atoms with Crippen molar-refractivity contribution in [1.82, 2.24) is 4.90 Å². The molecule has 0 fully saturated rings. The van der Waals surface area contributed by atoms with Crippen LogP contribution in [0.4, 0.5) is 4.79 Å². The maximum absolute atomic E-state index is 12.1. The molecule has 0 spiro atoms. The first-order valence-electron chi connectivity index (χ1n) is 6.55. The van der Waals surface area contributed by atoms with Gasteiger partial charge in [0.2, 0.25) is 0 Å². The van der Waals surface area contributed by atoms with E-state index in [1.165, 1.54) is 0 Å². The van der Waals surface area contributed by atoms with Gasteiger partial charge in [0.25, 0.3) is 0 Å². The lowest BCUT2D eigenvalue weighted by Gasteiger charge is -2.32. The predicted octanol–water partition coefficient (Wildman–Crippen LogP) is 2.99. The van der Waals surface area contributed by atoms with Crippen LogP contribution < -0.4 is 0 Å². The molecule has 0 saturated carbocycles. The summed E-state index contributed by atoms with van der Waals surface area (Å²) in [4.78, 5) is 13.8. The molecular formula is C15H21NO3. The summed E-state index contributed by atoms with van der Waals surface area (Å²) >= 11 is 0.